The van der Waals surface area contributed by atoms with Crippen molar-refractivity contribution in [1.82, 2.24) is 5.32 Å². The third kappa shape index (κ3) is 4.72. The molecule has 1 fully saturated rings. The zero-order valence-corrected chi connectivity index (χ0v) is 14.3. The molecular formula is C19H30ClN. The Hall–Kier alpha value is -0.530. The van der Waals surface area contributed by atoms with E-state index in [1.807, 2.05) is 12.1 Å². The van der Waals surface area contributed by atoms with Crippen LogP contribution in [0.25, 0.3) is 0 Å². The van der Waals surface area contributed by atoms with E-state index in [-0.39, 0.29) is 0 Å². The quantitative estimate of drug-likeness (QED) is 0.652. The first-order chi connectivity index (χ1) is 10.3. The van der Waals surface area contributed by atoms with Gasteiger partial charge in [-0.2, -0.15) is 0 Å². The van der Waals surface area contributed by atoms with Crippen LogP contribution in [0.15, 0.2) is 24.3 Å². The van der Waals surface area contributed by atoms with Gasteiger partial charge in [-0.3, -0.25) is 0 Å². The second-order valence-electron chi connectivity index (χ2n) is 6.52. The van der Waals surface area contributed by atoms with Gasteiger partial charge in [-0.1, -0.05) is 69.3 Å². The van der Waals surface area contributed by atoms with Gasteiger partial charge >= 0.3 is 0 Å². The lowest BCUT2D eigenvalue weighted by Crippen LogP contribution is -2.31. The van der Waals surface area contributed by atoms with Crippen LogP contribution in [0.3, 0.4) is 0 Å². The van der Waals surface area contributed by atoms with E-state index in [1.165, 1.54) is 50.5 Å². The van der Waals surface area contributed by atoms with Gasteiger partial charge in [0.1, 0.15) is 0 Å². The van der Waals surface area contributed by atoms with Gasteiger partial charge in [-0.15, -0.1) is 0 Å². The minimum atomic E-state index is 0.432. The van der Waals surface area contributed by atoms with Crippen molar-refractivity contribution in [2.24, 2.45) is 11.8 Å². The van der Waals surface area contributed by atoms with Crippen LogP contribution in [0, 0.1) is 11.8 Å². The van der Waals surface area contributed by atoms with Gasteiger partial charge in [-0.25, -0.2) is 0 Å². The summed E-state index contributed by atoms with van der Waals surface area (Å²) in [6.07, 6.45) is 9.39. The molecule has 0 bridgehead atoms. The Bertz CT molecular complexity index is 410. The van der Waals surface area contributed by atoms with Crippen molar-refractivity contribution in [3.8, 4) is 0 Å². The molecule has 1 N–H and O–H groups in total. The highest BCUT2D eigenvalue weighted by atomic mass is 35.5. The minimum absolute atomic E-state index is 0.432. The summed E-state index contributed by atoms with van der Waals surface area (Å²) < 4.78 is 0. The van der Waals surface area contributed by atoms with E-state index in [0.29, 0.717) is 6.04 Å². The van der Waals surface area contributed by atoms with Crippen LogP contribution in [0.4, 0.5) is 0 Å². The molecule has 0 aliphatic heterocycles. The van der Waals surface area contributed by atoms with Crippen LogP contribution in [0.5, 0.6) is 0 Å². The lowest BCUT2D eigenvalue weighted by atomic mass is 9.75. The molecule has 0 radical (unpaired) electrons. The Morgan fingerprint density at radius 3 is 2.43 bits per heavy atom. The van der Waals surface area contributed by atoms with Crippen molar-refractivity contribution in [1.29, 1.82) is 0 Å². The first-order valence-corrected chi connectivity index (χ1v) is 9.11. The molecule has 1 aliphatic rings. The summed E-state index contributed by atoms with van der Waals surface area (Å²) in [5.41, 5.74) is 1.30. The zero-order chi connectivity index (χ0) is 15.1. The third-order valence-electron chi connectivity index (χ3n) is 4.91. The predicted molar refractivity (Wildman–Crippen MR) is 92.8 cm³/mol. The zero-order valence-electron chi connectivity index (χ0n) is 13.6. The predicted octanol–water partition coefficient (Wildman–Crippen LogP) is 5.99. The van der Waals surface area contributed by atoms with E-state index in [4.69, 9.17) is 11.6 Å². The maximum absolute atomic E-state index is 6.46. The smallest absolute Gasteiger partial charge is 0.0453 e. The fourth-order valence-electron chi connectivity index (χ4n) is 3.78. The molecule has 118 valence electrons. The molecule has 1 nitrogen and oxygen atoms in total. The molecule has 1 aromatic carbocycles. The summed E-state index contributed by atoms with van der Waals surface area (Å²) >= 11 is 6.46. The number of halogens is 1. The van der Waals surface area contributed by atoms with E-state index in [9.17, 15) is 0 Å². The molecule has 0 spiro atoms. The molecule has 1 unspecified atom stereocenters. The summed E-state index contributed by atoms with van der Waals surface area (Å²) in [6.45, 7) is 5.61. The van der Waals surface area contributed by atoms with Crippen LogP contribution in [-0.2, 0) is 0 Å². The van der Waals surface area contributed by atoms with Crippen molar-refractivity contribution in [3.05, 3.63) is 34.9 Å². The average Bonchev–Trinajstić information content (AvgIpc) is 2.51. The number of rotatable bonds is 7. The molecular weight excluding hydrogens is 278 g/mol. The van der Waals surface area contributed by atoms with Crippen LogP contribution in [0.1, 0.15) is 70.4 Å². The average molecular weight is 308 g/mol. The molecule has 2 heteroatoms. The highest BCUT2D eigenvalue weighted by molar-refractivity contribution is 6.31. The summed E-state index contributed by atoms with van der Waals surface area (Å²) in [6, 6.07) is 8.81. The Morgan fingerprint density at radius 2 is 1.81 bits per heavy atom. The molecule has 1 atom stereocenters. The molecule has 21 heavy (non-hydrogen) atoms. The van der Waals surface area contributed by atoms with Crippen molar-refractivity contribution in [3.63, 3.8) is 0 Å². The van der Waals surface area contributed by atoms with Crippen molar-refractivity contribution in [2.75, 3.05) is 6.54 Å². The van der Waals surface area contributed by atoms with Gasteiger partial charge in [0, 0.05) is 11.1 Å². The Kier molecular flexibility index (Phi) is 7.06. The highest BCUT2D eigenvalue weighted by Gasteiger charge is 2.28. The Balaban J connectivity index is 2.05. The van der Waals surface area contributed by atoms with Crippen LogP contribution in [-0.4, -0.2) is 6.54 Å². The van der Waals surface area contributed by atoms with Crippen LogP contribution in [0.2, 0.25) is 5.02 Å². The number of hydrogen-bond acceptors (Lipinski definition) is 1. The minimum Gasteiger partial charge on any atom is -0.310 e. The number of benzene rings is 1. The van der Waals surface area contributed by atoms with E-state index >= 15 is 0 Å². The van der Waals surface area contributed by atoms with E-state index in [2.05, 4.69) is 31.3 Å². The first kappa shape index (κ1) is 16.8. The number of hydrogen-bond donors (Lipinski definition) is 1. The number of nitrogens with one attached hydrogen (secondary N) is 1. The second-order valence-corrected chi connectivity index (χ2v) is 6.93. The molecule has 0 amide bonds. The standard InChI is InChI=1S/C19H30ClN/c1-3-7-15-10-12-16(13-11-15)19(21-14-4-2)17-8-5-6-9-18(17)20/h5-6,8-9,15-16,19,21H,3-4,7,10-14H2,1-2H3. The van der Waals surface area contributed by atoms with Gasteiger partial charge in [-0.05, 0) is 49.3 Å². The first-order valence-electron chi connectivity index (χ1n) is 8.74. The fraction of sp³-hybridized carbons (Fsp3) is 0.684. The highest BCUT2D eigenvalue weighted by Crippen LogP contribution is 2.40. The van der Waals surface area contributed by atoms with Gasteiger partial charge in [0.05, 0.1) is 0 Å². The SMILES string of the molecule is CCCNC(c1ccccc1Cl)C1CCC(CCC)CC1. The van der Waals surface area contributed by atoms with Crippen molar-refractivity contribution >= 4 is 11.6 Å². The molecule has 0 aromatic heterocycles. The summed E-state index contributed by atoms with van der Waals surface area (Å²) in [7, 11) is 0. The Morgan fingerprint density at radius 1 is 1.10 bits per heavy atom. The van der Waals surface area contributed by atoms with Crippen molar-refractivity contribution < 1.29 is 0 Å². The summed E-state index contributed by atoms with van der Waals surface area (Å²) in [4.78, 5) is 0. The molecule has 2 rings (SSSR count). The fourth-order valence-corrected chi connectivity index (χ4v) is 4.03. The molecule has 0 saturated heterocycles. The van der Waals surface area contributed by atoms with Gasteiger partial charge in [0.25, 0.3) is 0 Å². The van der Waals surface area contributed by atoms with E-state index < -0.39 is 0 Å². The maximum Gasteiger partial charge on any atom is 0.0453 e. The van der Waals surface area contributed by atoms with Gasteiger partial charge < -0.3 is 5.32 Å². The lowest BCUT2D eigenvalue weighted by molar-refractivity contribution is 0.214. The molecule has 1 aromatic rings. The lowest BCUT2D eigenvalue weighted by Gasteiger charge is -2.35. The topological polar surface area (TPSA) is 12.0 Å². The van der Waals surface area contributed by atoms with Crippen molar-refractivity contribution in [2.45, 2.75) is 64.8 Å². The van der Waals surface area contributed by atoms with E-state index in [1.54, 1.807) is 0 Å². The second kappa shape index (κ2) is 8.80. The summed E-state index contributed by atoms with van der Waals surface area (Å²) in [5, 5.41) is 4.68. The Labute approximate surface area is 135 Å². The van der Waals surface area contributed by atoms with Gasteiger partial charge in [0.2, 0.25) is 0 Å². The monoisotopic (exact) mass is 307 g/mol. The summed E-state index contributed by atoms with van der Waals surface area (Å²) in [5.74, 6) is 1.70. The third-order valence-corrected chi connectivity index (χ3v) is 5.26. The van der Waals surface area contributed by atoms with Crippen LogP contribution >= 0.6 is 11.6 Å². The molecule has 1 saturated carbocycles. The van der Waals surface area contributed by atoms with Crippen LogP contribution < -0.4 is 5.32 Å². The normalized spacial score (nSPS) is 24.0. The van der Waals surface area contributed by atoms with E-state index in [0.717, 1.165) is 23.4 Å². The van der Waals surface area contributed by atoms with Gasteiger partial charge in [0.15, 0.2) is 0 Å². The molecule has 0 heterocycles. The maximum atomic E-state index is 6.46. The largest absolute Gasteiger partial charge is 0.310 e. The molecule has 1 aliphatic carbocycles.